The number of hydrazone groups is 1. The third-order valence-electron chi connectivity index (χ3n) is 5.18. The molecule has 0 amide bonds. The predicted molar refractivity (Wildman–Crippen MR) is 120 cm³/mol. The van der Waals surface area contributed by atoms with Crippen molar-refractivity contribution in [2.45, 2.75) is 25.7 Å². The lowest BCUT2D eigenvalue weighted by molar-refractivity contribution is 0.699. The summed E-state index contributed by atoms with van der Waals surface area (Å²) in [6.45, 7) is 0. The Morgan fingerprint density at radius 3 is 2.52 bits per heavy atom. The number of rotatable bonds is 4. The van der Waals surface area contributed by atoms with E-state index in [9.17, 15) is 4.79 Å². The first-order valence-electron chi connectivity index (χ1n) is 9.78. The van der Waals surface area contributed by atoms with Gasteiger partial charge in [0.15, 0.2) is 0 Å². The molecule has 1 aliphatic rings. The van der Waals surface area contributed by atoms with Crippen molar-refractivity contribution in [1.29, 1.82) is 0 Å². The lowest BCUT2D eigenvalue weighted by atomic mass is 9.97. The van der Waals surface area contributed by atoms with Crippen molar-refractivity contribution in [2.75, 3.05) is 5.43 Å². The molecule has 0 spiro atoms. The van der Waals surface area contributed by atoms with Crippen LogP contribution in [0.25, 0.3) is 15.9 Å². The number of benzene rings is 2. The number of hydrogen-bond donors (Lipinski definition) is 1. The van der Waals surface area contributed by atoms with Crippen molar-refractivity contribution >= 4 is 33.7 Å². The smallest absolute Gasteiger partial charge is 0.268 e. The lowest BCUT2D eigenvalue weighted by Gasteiger charge is -2.13. The Kier molecular flexibility index (Phi) is 4.69. The zero-order valence-corrected chi connectivity index (χ0v) is 16.7. The van der Waals surface area contributed by atoms with E-state index >= 15 is 0 Å². The fourth-order valence-corrected chi connectivity index (χ4v) is 5.05. The summed E-state index contributed by atoms with van der Waals surface area (Å²) in [4.78, 5) is 20.5. The minimum absolute atomic E-state index is 0.0296. The molecule has 144 valence electrons. The van der Waals surface area contributed by atoms with Crippen LogP contribution in [0.5, 0.6) is 0 Å². The Hall–Kier alpha value is -3.25. The highest BCUT2D eigenvalue weighted by atomic mass is 32.1. The first-order valence-corrected chi connectivity index (χ1v) is 10.6. The van der Waals surface area contributed by atoms with Crippen LogP contribution in [0.3, 0.4) is 0 Å². The molecule has 1 N–H and O–H groups in total. The van der Waals surface area contributed by atoms with E-state index in [4.69, 9.17) is 4.98 Å². The highest BCUT2D eigenvalue weighted by Crippen LogP contribution is 2.34. The molecule has 0 saturated carbocycles. The van der Waals surface area contributed by atoms with Gasteiger partial charge < -0.3 is 0 Å². The molecule has 2 aromatic carbocycles. The number of aryl methyl sites for hydroxylation is 2. The minimum atomic E-state index is -0.0296. The van der Waals surface area contributed by atoms with E-state index in [0.717, 1.165) is 40.7 Å². The molecule has 29 heavy (non-hydrogen) atoms. The molecule has 0 atom stereocenters. The van der Waals surface area contributed by atoms with Gasteiger partial charge in [-0.25, -0.2) is 15.0 Å². The number of hydrogen-bond acceptors (Lipinski definition) is 5. The fourth-order valence-electron chi connectivity index (χ4n) is 3.80. The lowest BCUT2D eigenvalue weighted by Crippen LogP contribution is -2.23. The Balaban J connectivity index is 1.65. The van der Waals surface area contributed by atoms with Crippen molar-refractivity contribution in [3.63, 3.8) is 0 Å². The quantitative estimate of drug-likeness (QED) is 0.396. The maximum atomic E-state index is 13.6. The van der Waals surface area contributed by atoms with Crippen LogP contribution in [-0.4, -0.2) is 15.8 Å². The fraction of sp³-hybridized carbons (Fsp3) is 0.174. The zero-order chi connectivity index (χ0) is 19.6. The van der Waals surface area contributed by atoms with Gasteiger partial charge in [0.2, 0.25) is 5.95 Å². The van der Waals surface area contributed by atoms with E-state index in [1.54, 1.807) is 22.1 Å². The normalized spacial score (nSPS) is 13.7. The predicted octanol–water partition coefficient (Wildman–Crippen LogP) is 4.77. The van der Waals surface area contributed by atoms with E-state index in [1.807, 2.05) is 60.7 Å². The molecule has 0 unspecified atom stereocenters. The maximum absolute atomic E-state index is 13.6. The summed E-state index contributed by atoms with van der Waals surface area (Å²) in [5, 5.41) is 5.10. The van der Waals surface area contributed by atoms with Crippen molar-refractivity contribution in [2.24, 2.45) is 5.10 Å². The van der Waals surface area contributed by atoms with Crippen molar-refractivity contribution in [3.05, 3.63) is 87.0 Å². The third kappa shape index (κ3) is 3.36. The number of anilines is 1. The molecule has 5 nitrogen and oxygen atoms in total. The second-order valence-corrected chi connectivity index (χ2v) is 8.17. The van der Waals surface area contributed by atoms with Gasteiger partial charge in [-0.2, -0.15) is 5.10 Å². The molecular weight excluding hydrogens is 380 g/mol. The molecule has 0 aliphatic heterocycles. The van der Waals surface area contributed by atoms with Crippen LogP contribution in [0.4, 0.5) is 5.95 Å². The van der Waals surface area contributed by atoms with Crippen LogP contribution in [-0.2, 0) is 12.8 Å². The van der Waals surface area contributed by atoms with E-state index < -0.39 is 0 Å². The average Bonchev–Trinajstić information content (AvgIpc) is 3.14. The second-order valence-electron chi connectivity index (χ2n) is 7.08. The summed E-state index contributed by atoms with van der Waals surface area (Å²) >= 11 is 1.65. The molecule has 0 bridgehead atoms. The number of nitrogens with zero attached hydrogens (tertiary/aromatic N) is 3. The largest absolute Gasteiger partial charge is 0.268 e. The summed E-state index contributed by atoms with van der Waals surface area (Å²) in [6, 6.07) is 19.4. The van der Waals surface area contributed by atoms with E-state index in [2.05, 4.69) is 10.5 Å². The standard InChI is InChI=1S/C23H20N4OS/c28-22-20-18-13-7-8-14-19(18)29-21(20)25-23(27(22)17-11-5-2-6-12-17)26-24-15-16-9-3-1-4-10-16/h1-6,9-12,15H,7-8,13-14H2,(H,25,26)/b24-15-. The van der Waals surface area contributed by atoms with Gasteiger partial charge in [-0.1, -0.05) is 48.5 Å². The first kappa shape index (κ1) is 17.8. The van der Waals surface area contributed by atoms with Crippen LogP contribution < -0.4 is 11.0 Å². The molecule has 0 radical (unpaired) electrons. The Morgan fingerprint density at radius 1 is 1.00 bits per heavy atom. The Morgan fingerprint density at radius 2 is 1.72 bits per heavy atom. The minimum Gasteiger partial charge on any atom is -0.268 e. The van der Waals surface area contributed by atoms with Crippen LogP contribution in [0.15, 0.2) is 70.6 Å². The van der Waals surface area contributed by atoms with Crippen LogP contribution >= 0.6 is 11.3 Å². The SMILES string of the molecule is O=c1c2c3c(sc2nc(N/N=C\c2ccccc2)n1-c1ccccc1)CCCC3. The Labute approximate surface area is 172 Å². The molecule has 4 aromatic rings. The molecule has 1 aliphatic carbocycles. The number of nitrogens with one attached hydrogen (secondary N) is 1. The van der Waals surface area contributed by atoms with E-state index in [-0.39, 0.29) is 5.56 Å². The molecule has 0 saturated heterocycles. The summed E-state index contributed by atoms with van der Waals surface area (Å²) in [6.07, 6.45) is 6.03. The summed E-state index contributed by atoms with van der Waals surface area (Å²) in [7, 11) is 0. The van der Waals surface area contributed by atoms with Gasteiger partial charge in [0.05, 0.1) is 17.3 Å². The molecule has 6 heteroatoms. The van der Waals surface area contributed by atoms with Gasteiger partial charge in [0, 0.05) is 4.88 Å². The number of fused-ring (bicyclic) bond motifs is 3. The van der Waals surface area contributed by atoms with Crippen LogP contribution in [0.2, 0.25) is 0 Å². The highest BCUT2D eigenvalue weighted by Gasteiger charge is 2.22. The van der Waals surface area contributed by atoms with Crippen molar-refractivity contribution < 1.29 is 0 Å². The van der Waals surface area contributed by atoms with Gasteiger partial charge in [-0.15, -0.1) is 11.3 Å². The molecular formula is C23H20N4OS. The van der Waals surface area contributed by atoms with Gasteiger partial charge in [0.25, 0.3) is 5.56 Å². The van der Waals surface area contributed by atoms with Gasteiger partial charge in [-0.3, -0.25) is 4.79 Å². The van der Waals surface area contributed by atoms with Gasteiger partial charge >= 0.3 is 0 Å². The second kappa shape index (κ2) is 7.64. The van der Waals surface area contributed by atoms with E-state index in [0.29, 0.717) is 5.95 Å². The maximum Gasteiger partial charge on any atom is 0.268 e. The first-order chi connectivity index (χ1) is 14.3. The summed E-state index contributed by atoms with van der Waals surface area (Å²) in [5.74, 6) is 0.430. The number of para-hydroxylation sites is 1. The van der Waals surface area contributed by atoms with Gasteiger partial charge in [-0.05, 0) is 48.9 Å². The van der Waals surface area contributed by atoms with E-state index in [1.165, 1.54) is 16.9 Å². The molecule has 5 rings (SSSR count). The van der Waals surface area contributed by atoms with Crippen molar-refractivity contribution in [3.8, 4) is 5.69 Å². The highest BCUT2D eigenvalue weighted by molar-refractivity contribution is 7.18. The van der Waals surface area contributed by atoms with Gasteiger partial charge in [0.1, 0.15) is 4.83 Å². The number of thiophene rings is 1. The van der Waals surface area contributed by atoms with Crippen LogP contribution in [0, 0.1) is 0 Å². The Bertz CT molecular complexity index is 1240. The summed E-state index contributed by atoms with van der Waals surface area (Å²) < 4.78 is 1.63. The number of aromatic nitrogens is 2. The molecule has 2 heterocycles. The van der Waals surface area contributed by atoms with Crippen LogP contribution in [0.1, 0.15) is 28.8 Å². The topological polar surface area (TPSA) is 59.3 Å². The average molecular weight is 401 g/mol. The third-order valence-corrected chi connectivity index (χ3v) is 6.37. The summed E-state index contributed by atoms with van der Waals surface area (Å²) in [5.41, 5.74) is 5.92. The molecule has 2 aromatic heterocycles. The van der Waals surface area contributed by atoms with Crippen molar-refractivity contribution in [1.82, 2.24) is 9.55 Å². The molecule has 0 fully saturated rings. The monoisotopic (exact) mass is 400 g/mol. The zero-order valence-electron chi connectivity index (χ0n) is 15.8.